The summed E-state index contributed by atoms with van der Waals surface area (Å²) in [5.41, 5.74) is 2.58. The number of hydrogen-bond acceptors (Lipinski definition) is 6. The Morgan fingerprint density at radius 2 is 1.97 bits per heavy atom. The fourth-order valence-electron chi connectivity index (χ4n) is 4.16. The van der Waals surface area contributed by atoms with E-state index >= 15 is 0 Å². The Morgan fingerprint density at radius 1 is 1.19 bits per heavy atom. The van der Waals surface area contributed by atoms with Crippen molar-refractivity contribution in [3.05, 3.63) is 52.8 Å². The highest BCUT2D eigenvalue weighted by Gasteiger charge is 2.42. The van der Waals surface area contributed by atoms with E-state index in [4.69, 9.17) is 19.3 Å². The lowest BCUT2D eigenvalue weighted by molar-refractivity contribution is -0.148. The Kier molecular flexibility index (Phi) is 7.22. The van der Waals surface area contributed by atoms with Crippen molar-refractivity contribution in [2.45, 2.75) is 39.2 Å². The number of ether oxygens (including phenoxy) is 3. The first-order valence-corrected chi connectivity index (χ1v) is 11.4. The van der Waals surface area contributed by atoms with Gasteiger partial charge >= 0.3 is 5.97 Å². The first-order chi connectivity index (χ1) is 15.6. The van der Waals surface area contributed by atoms with Crippen LogP contribution >= 0.6 is 0 Å². The van der Waals surface area contributed by atoms with E-state index in [0.717, 1.165) is 24.2 Å². The predicted molar refractivity (Wildman–Crippen MR) is 118 cm³/mol. The number of hydrogen-bond donors (Lipinski definition) is 1. The molecule has 0 spiro atoms. The van der Waals surface area contributed by atoms with Crippen LogP contribution in [-0.4, -0.2) is 61.2 Å². The van der Waals surface area contributed by atoms with Gasteiger partial charge in [-0.2, -0.15) is 5.10 Å². The molecule has 2 aliphatic rings. The molecule has 172 valence electrons. The molecule has 0 aliphatic carbocycles. The van der Waals surface area contributed by atoms with Crippen LogP contribution in [0.5, 0.6) is 0 Å². The zero-order valence-electron chi connectivity index (χ0n) is 18.6. The van der Waals surface area contributed by atoms with Gasteiger partial charge in [0.15, 0.2) is 0 Å². The Balaban J connectivity index is 1.54. The monoisotopic (exact) mass is 441 g/mol. The molecule has 0 saturated carbocycles. The van der Waals surface area contributed by atoms with Gasteiger partial charge in [-0.3, -0.25) is 9.48 Å². The molecule has 2 aromatic rings. The van der Waals surface area contributed by atoms with Crippen LogP contribution in [0.2, 0.25) is 0 Å². The molecule has 0 atom stereocenters. The number of rotatable bonds is 6. The second-order valence-corrected chi connectivity index (χ2v) is 8.54. The maximum absolute atomic E-state index is 13.0. The maximum atomic E-state index is 13.0. The standard InChI is InChI=1S/C24H31N3O5/c1-2-19-21-20(10-6-12-30-13-7-11-25-22(21)28)27(26-19)14-24(15-31-16-24)17-32-23(29)18-8-4-3-5-9-18/h3-5,8-9H,2,6-7,10-17H2,1H3,(H,25,28). The summed E-state index contributed by atoms with van der Waals surface area (Å²) >= 11 is 0. The van der Waals surface area contributed by atoms with Gasteiger partial charge in [-0.05, 0) is 37.8 Å². The fraction of sp³-hybridized carbons (Fsp3) is 0.542. The van der Waals surface area contributed by atoms with Gasteiger partial charge in [0.25, 0.3) is 5.91 Å². The van der Waals surface area contributed by atoms with Crippen molar-refractivity contribution in [3.8, 4) is 0 Å². The summed E-state index contributed by atoms with van der Waals surface area (Å²) in [5.74, 6) is -0.415. The highest BCUT2D eigenvalue weighted by molar-refractivity contribution is 5.96. The molecule has 1 amide bonds. The van der Waals surface area contributed by atoms with E-state index < -0.39 is 0 Å². The number of aryl methyl sites for hydroxylation is 1. The van der Waals surface area contributed by atoms with E-state index in [2.05, 4.69) is 5.32 Å². The number of esters is 1. The van der Waals surface area contributed by atoms with Crippen molar-refractivity contribution in [2.24, 2.45) is 5.41 Å². The molecule has 0 unspecified atom stereocenters. The SMILES string of the molecule is CCc1nn(CC2(COC(=O)c3ccccc3)COC2)c2c1C(=O)NCCCOCCC2. The molecule has 1 aromatic heterocycles. The molecule has 8 nitrogen and oxygen atoms in total. The van der Waals surface area contributed by atoms with Gasteiger partial charge in [0, 0.05) is 19.8 Å². The van der Waals surface area contributed by atoms with Crippen LogP contribution in [0.4, 0.5) is 0 Å². The molecule has 32 heavy (non-hydrogen) atoms. The minimum absolute atomic E-state index is 0.0700. The van der Waals surface area contributed by atoms with Gasteiger partial charge in [-0.25, -0.2) is 4.79 Å². The number of benzene rings is 1. The number of nitrogens with zero attached hydrogens (tertiary/aromatic N) is 2. The van der Waals surface area contributed by atoms with Crippen LogP contribution in [0.15, 0.2) is 30.3 Å². The number of nitrogens with one attached hydrogen (secondary N) is 1. The summed E-state index contributed by atoms with van der Waals surface area (Å²) in [6, 6.07) is 8.97. The zero-order valence-corrected chi connectivity index (χ0v) is 18.6. The van der Waals surface area contributed by atoms with Crippen LogP contribution in [0.1, 0.15) is 51.9 Å². The molecule has 0 radical (unpaired) electrons. The lowest BCUT2D eigenvalue weighted by Gasteiger charge is -2.40. The molecule has 1 fully saturated rings. The summed E-state index contributed by atoms with van der Waals surface area (Å²) in [4.78, 5) is 25.4. The second-order valence-electron chi connectivity index (χ2n) is 8.54. The van der Waals surface area contributed by atoms with Crippen LogP contribution < -0.4 is 5.32 Å². The predicted octanol–water partition coefficient (Wildman–Crippen LogP) is 2.40. The van der Waals surface area contributed by atoms with Crippen LogP contribution in [0.3, 0.4) is 0 Å². The average Bonchev–Trinajstić information content (AvgIpc) is 3.12. The molecule has 4 rings (SSSR count). The summed E-state index contributed by atoms with van der Waals surface area (Å²) in [7, 11) is 0. The van der Waals surface area contributed by atoms with E-state index in [-0.39, 0.29) is 23.9 Å². The molecule has 3 heterocycles. The third kappa shape index (κ3) is 5.02. The molecule has 8 heteroatoms. The van der Waals surface area contributed by atoms with Crippen molar-refractivity contribution in [1.29, 1.82) is 0 Å². The molecule has 2 aliphatic heterocycles. The molecule has 1 saturated heterocycles. The van der Waals surface area contributed by atoms with E-state index in [9.17, 15) is 9.59 Å². The number of carbonyl (C=O) groups is 2. The Hall–Kier alpha value is -2.71. The lowest BCUT2D eigenvalue weighted by Crippen LogP contribution is -2.50. The highest BCUT2D eigenvalue weighted by atomic mass is 16.5. The minimum atomic E-state index is -0.353. The Labute approximate surface area is 188 Å². The average molecular weight is 442 g/mol. The number of fused-ring (bicyclic) bond motifs is 1. The molecular formula is C24H31N3O5. The summed E-state index contributed by atoms with van der Waals surface area (Å²) in [6.45, 7) is 5.65. The highest BCUT2D eigenvalue weighted by Crippen LogP contribution is 2.32. The van der Waals surface area contributed by atoms with Gasteiger partial charge in [0.1, 0.15) is 6.61 Å². The van der Waals surface area contributed by atoms with Crippen molar-refractivity contribution in [1.82, 2.24) is 15.1 Å². The lowest BCUT2D eigenvalue weighted by atomic mass is 9.86. The van der Waals surface area contributed by atoms with Crippen LogP contribution in [0.25, 0.3) is 0 Å². The van der Waals surface area contributed by atoms with E-state index in [0.29, 0.717) is 63.5 Å². The quantitative estimate of drug-likeness (QED) is 0.692. The summed E-state index contributed by atoms with van der Waals surface area (Å²) in [6.07, 6.45) is 2.99. The first-order valence-electron chi connectivity index (χ1n) is 11.4. The first kappa shape index (κ1) is 22.5. The van der Waals surface area contributed by atoms with E-state index in [1.807, 2.05) is 29.8 Å². The third-order valence-electron chi connectivity index (χ3n) is 5.97. The summed E-state index contributed by atoms with van der Waals surface area (Å²) < 4.78 is 18.8. The van der Waals surface area contributed by atoms with Crippen LogP contribution in [-0.2, 0) is 33.6 Å². The van der Waals surface area contributed by atoms with Crippen molar-refractivity contribution in [2.75, 3.05) is 39.6 Å². The fourth-order valence-corrected chi connectivity index (χ4v) is 4.16. The zero-order chi connectivity index (χ0) is 22.4. The van der Waals surface area contributed by atoms with Gasteiger partial charge < -0.3 is 19.5 Å². The topological polar surface area (TPSA) is 91.7 Å². The Bertz CT molecular complexity index is 937. The van der Waals surface area contributed by atoms with Crippen molar-refractivity contribution in [3.63, 3.8) is 0 Å². The van der Waals surface area contributed by atoms with E-state index in [1.54, 1.807) is 12.1 Å². The second kappa shape index (κ2) is 10.3. The maximum Gasteiger partial charge on any atom is 0.338 e. The van der Waals surface area contributed by atoms with Crippen molar-refractivity contribution >= 4 is 11.9 Å². The number of amides is 1. The molecule has 1 aromatic carbocycles. The number of carbonyl (C=O) groups excluding carboxylic acids is 2. The van der Waals surface area contributed by atoms with Crippen LogP contribution in [0, 0.1) is 5.41 Å². The van der Waals surface area contributed by atoms with E-state index in [1.165, 1.54) is 0 Å². The minimum Gasteiger partial charge on any atom is -0.461 e. The largest absolute Gasteiger partial charge is 0.461 e. The van der Waals surface area contributed by atoms with Crippen molar-refractivity contribution < 1.29 is 23.8 Å². The Morgan fingerprint density at radius 3 is 2.69 bits per heavy atom. The third-order valence-corrected chi connectivity index (χ3v) is 5.97. The normalized spacial score (nSPS) is 18.6. The number of aromatic nitrogens is 2. The van der Waals surface area contributed by atoms with Gasteiger partial charge in [-0.15, -0.1) is 0 Å². The smallest absolute Gasteiger partial charge is 0.338 e. The molecular weight excluding hydrogens is 410 g/mol. The molecule has 0 bridgehead atoms. The summed E-state index contributed by atoms with van der Waals surface area (Å²) in [5, 5.41) is 7.81. The van der Waals surface area contributed by atoms with Gasteiger partial charge in [0.05, 0.1) is 47.7 Å². The van der Waals surface area contributed by atoms with Gasteiger partial charge in [-0.1, -0.05) is 25.1 Å². The molecule has 1 N–H and O–H groups in total. The van der Waals surface area contributed by atoms with Gasteiger partial charge in [0.2, 0.25) is 0 Å².